The molecular weight excluding hydrogens is 389 g/mol. The molecule has 0 bridgehead atoms. The van der Waals surface area contributed by atoms with Crippen LogP contribution in [-0.2, 0) is 0 Å². The normalized spacial score (nSPS) is 11.5. The summed E-state index contributed by atoms with van der Waals surface area (Å²) in [6.45, 7) is 0. The van der Waals surface area contributed by atoms with E-state index in [2.05, 4.69) is 20.3 Å². The van der Waals surface area contributed by atoms with E-state index in [1.807, 2.05) is 36.4 Å². The van der Waals surface area contributed by atoms with Crippen LogP contribution in [0.1, 0.15) is 0 Å². The molecule has 0 saturated carbocycles. The Morgan fingerprint density at radius 1 is 0.923 bits per heavy atom. The molecule has 0 fully saturated rings. The molecule has 3 heterocycles. The minimum atomic E-state index is 0.588. The van der Waals surface area contributed by atoms with Gasteiger partial charge in [-0.15, -0.1) is 10.2 Å². The lowest BCUT2D eigenvalue weighted by Gasteiger charge is -2.01. The Kier molecular flexibility index (Phi) is 3.63. The van der Waals surface area contributed by atoms with Crippen molar-refractivity contribution in [1.29, 1.82) is 0 Å². The van der Waals surface area contributed by atoms with Crippen molar-refractivity contribution in [3.63, 3.8) is 0 Å². The second-order valence-corrected chi connectivity index (χ2v) is 7.44. The van der Waals surface area contributed by atoms with Gasteiger partial charge in [-0.2, -0.15) is 9.61 Å². The first-order valence-corrected chi connectivity index (χ1v) is 9.30. The Morgan fingerprint density at radius 2 is 1.81 bits per heavy atom. The lowest BCUT2D eigenvalue weighted by Crippen LogP contribution is -1.94. The zero-order valence-electron chi connectivity index (χ0n) is 13.1. The van der Waals surface area contributed by atoms with Crippen LogP contribution in [0.25, 0.3) is 38.0 Å². The molecule has 8 heteroatoms. The Morgan fingerprint density at radius 3 is 2.73 bits per heavy atom. The molecule has 5 nitrogen and oxygen atoms in total. The lowest BCUT2D eigenvalue weighted by molar-refractivity contribution is 0.964. The van der Waals surface area contributed by atoms with Crippen molar-refractivity contribution in [2.75, 3.05) is 0 Å². The van der Waals surface area contributed by atoms with Gasteiger partial charge in [0, 0.05) is 16.0 Å². The monoisotopic (exact) mass is 397 g/mol. The van der Waals surface area contributed by atoms with Crippen molar-refractivity contribution in [2.45, 2.75) is 0 Å². The number of nitrogens with zero attached hydrogens (tertiary/aromatic N) is 5. The first-order valence-electron chi connectivity index (χ1n) is 7.73. The number of halogens is 2. The number of hydrogen-bond acceptors (Lipinski definition) is 5. The molecule has 0 unspecified atom stereocenters. The predicted molar refractivity (Wildman–Crippen MR) is 105 cm³/mol. The van der Waals surface area contributed by atoms with E-state index in [4.69, 9.17) is 23.2 Å². The molecule has 2 aromatic carbocycles. The Bertz CT molecular complexity index is 1280. The van der Waals surface area contributed by atoms with Crippen LogP contribution in [0.2, 0.25) is 10.0 Å². The third-order valence-electron chi connectivity index (χ3n) is 3.98. The molecule has 0 aliphatic rings. The fourth-order valence-electron chi connectivity index (χ4n) is 2.74. The topological polar surface area (TPSA) is 56.0 Å². The maximum atomic E-state index is 6.30. The first-order chi connectivity index (χ1) is 12.7. The van der Waals surface area contributed by atoms with Crippen molar-refractivity contribution >= 4 is 50.4 Å². The maximum Gasteiger partial charge on any atom is 0.235 e. The standard InChI is InChI=1S/C18H9Cl2N5S/c19-11-6-7-13(20)12(9-11)17-24-25-16(22-23-18(25)26-17)15-8-5-10-3-1-2-4-14(10)21-15/h1-9H. The Labute approximate surface area is 161 Å². The van der Waals surface area contributed by atoms with E-state index in [-0.39, 0.29) is 0 Å². The molecule has 0 saturated heterocycles. The molecule has 5 aromatic rings. The molecule has 0 atom stereocenters. The van der Waals surface area contributed by atoms with Gasteiger partial charge in [-0.05, 0) is 30.3 Å². The molecular formula is C18H9Cl2N5S. The molecule has 3 aromatic heterocycles. The summed E-state index contributed by atoms with van der Waals surface area (Å²) < 4.78 is 1.69. The fourth-order valence-corrected chi connectivity index (χ4v) is 4.04. The molecule has 0 spiro atoms. The van der Waals surface area contributed by atoms with Crippen LogP contribution in [0.3, 0.4) is 0 Å². The Balaban J connectivity index is 1.67. The Hall–Kier alpha value is -2.54. The highest BCUT2D eigenvalue weighted by Crippen LogP contribution is 2.34. The van der Waals surface area contributed by atoms with Crippen LogP contribution >= 0.6 is 34.5 Å². The molecule has 0 aliphatic heterocycles. The molecule has 126 valence electrons. The highest BCUT2D eigenvalue weighted by molar-refractivity contribution is 7.19. The number of pyridine rings is 1. The molecule has 26 heavy (non-hydrogen) atoms. The van der Waals surface area contributed by atoms with E-state index < -0.39 is 0 Å². The van der Waals surface area contributed by atoms with Gasteiger partial charge in [0.1, 0.15) is 10.7 Å². The maximum absolute atomic E-state index is 6.30. The van der Waals surface area contributed by atoms with E-state index in [0.717, 1.165) is 21.5 Å². The van der Waals surface area contributed by atoms with Crippen LogP contribution in [0, 0.1) is 0 Å². The van der Waals surface area contributed by atoms with Gasteiger partial charge >= 0.3 is 0 Å². The quantitative estimate of drug-likeness (QED) is 0.401. The summed E-state index contributed by atoms with van der Waals surface area (Å²) >= 11 is 13.8. The summed E-state index contributed by atoms with van der Waals surface area (Å²) in [6, 6.07) is 17.2. The van der Waals surface area contributed by atoms with Crippen molar-refractivity contribution in [1.82, 2.24) is 24.8 Å². The van der Waals surface area contributed by atoms with Gasteiger partial charge in [0.05, 0.1) is 10.5 Å². The van der Waals surface area contributed by atoms with E-state index >= 15 is 0 Å². The van der Waals surface area contributed by atoms with E-state index in [0.29, 0.717) is 26.5 Å². The zero-order chi connectivity index (χ0) is 17.7. The SMILES string of the molecule is Clc1ccc(Cl)c(-c2nn3c(-c4ccc5ccccc5n4)nnc3s2)c1. The summed E-state index contributed by atoms with van der Waals surface area (Å²) in [5.74, 6) is 0.589. The lowest BCUT2D eigenvalue weighted by atomic mass is 10.2. The minimum absolute atomic E-state index is 0.588. The predicted octanol–water partition coefficient (Wildman–Crippen LogP) is 5.37. The minimum Gasteiger partial charge on any atom is -0.244 e. The third-order valence-corrected chi connectivity index (χ3v) is 5.47. The smallest absolute Gasteiger partial charge is 0.235 e. The van der Waals surface area contributed by atoms with Crippen LogP contribution < -0.4 is 0 Å². The highest BCUT2D eigenvalue weighted by atomic mass is 35.5. The van der Waals surface area contributed by atoms with E-state index in [1.165, 1.54) is 11.3 Å². The van der Waals surface area contributed by atoms with E-state index in [1.54, 1.807) is 22.7 Å². The fraction of sp³-hybridized carbons (Fsp3) is 0. The second-order valence-electron chi connectivity index (χ2n) is 5.64. The van der Waals surface area contributed by atoms with Gasteiger partial charge in [0.25, 0.3) is 0 Å². The first kappa shape index (κ1) is 15.7. The van der Waals surface area contributed by atoms with Crippen molar-refractivity contribution in [3.05, 3.63) is 64.6 Å². The summed E-state index contributed by atoms with van der Waals surface area (Å²) in [6.07, 6.45) is 0. The average molecular weight is 398 g/mol. The van der Waals surface area contributed by atoms with Gasteiger partial charge in [-0.3, -0.25) is 0 Å². The summed E-state index contributed by atoms with van der Waals surface area (Å²) in [5.41, 5.74) is 2.38. The summed E-state index contributed by atoms with van der Waals surface area (Å²) in [5, 5.41) is 16.1. The summed E-state index contributed by atoms with van der Waals surface area (Å²) in [4.78, 5) is 5.34. The van der Waals surface area contributed by atoms with Gasteiger partial charge in [0.2, 0.25) is 10.8 Å². The zero-order valence-corrected chi connectivity index (χ0v) is 15.4. The number of hydrogen-bond donors (Lipinski definition) is 0. The van der Waals surface area contributed by atoms with Crippen LogP contribution in [0.5, 0.6) is 0 Å². The number of benzene rings is 2. The van der Waals surface area contributed by atoms with Gasteiger partial charge in [0.15, 0.2) is 0 Å². The van der Waals surface area contributed by atoms with Gasteiger partial charge < -0.3 is 0 Å². The molecule has 0 radical (unpaired) electrons. The van der Waals surface area contributed by atoms with Crippen molar-refractivity contribution in [3.8, 4) is 22.1 Å². The molecule has 0 aliphatic carbocycles. The third kappa shape index (κ3) is 2.54. The highest BCUT2D eigenvalue weighted by Gasteiger charge is 2.17. The van der Waals surface area contributed by atoms with Gasteiger partial charge in [-0.1, -0.05) is 58.8 Å². The number of fused-ring (bicyclic) bond motifs is 2. The van der Waals surface area contributed by atoms with Crippen LogP contribution in [0.4, 0.5) is 0 Å². The average Bonchev–Trinajstić information content (AvgIpc) is 3.24. The largest absolute Gasteiger partial charge is 0.244 e. The molecule has 0 N–H and O–H groups in total. The number of aromatic nitrogens is 5. The number of rotatable bonds is 2. The summed E-state index contributed by atoms with van der Waals surface area (Å²) in [7, 11) is 0. The molecule has 5 rings (SSSR count). The van der Waals surface area contributed by atoms with Crippen molar-refractivity contribution in [2.24, 2.45) is 0 Å². The van der Waals surface area contributed by atoms with Gasteiger partial charge in [-0.25, -0.2) is 4.98 Å². The number of para-hydroxylation sites is 1. The van der Waals surface area contributed by atoms with Crippen LogP contribution in [0.15, 0.2) is 54.6 Å². The van der Waals surface area contributed by atoms with E-state index in [9.17, 15) is 0 Å². The van der Waals surface area contributed by atoms with Crippen LogP contribution in [-0.4, -0.2) is 24.8 Å². The second kappa shape index (κ2) is 6.02. The van der Waals surface area contributed by atoms with Crippen molar-refractivity contribution < 1.29 is 0 Å². The molecule has 0 amide bonds.